The van der Waals surface area contributed by atoms with Crippen LogP contribution in [0.4, 0.5) is 5.69 Å². The van der Waals surface area contributed by atoms with Crippen LogP contribution in [0.25, 0.3) is 0 Å². The van der Waals surface area contributed by atoms with Gasteiger partial charge < -0.3 is 15.7 Å². The molecule has 8 nitrogen and oxygen atoms in total. The van der Waals surface area contributed by atoms with E-state index in [1.807, 2.05) is 0 Å². The van der Waals surface area contributed by atoms with Gasteiger partial charge in [0.15, 0.2) is 11.5 Å². The van der Waals surface area contributed by atoms with Crippen LogP contribution < -0.4 is 10.5 Å². The van der Waals surface area contributed by atoms with Gasteiger partial charge in [-0.15, -0.1) is 0 Å². The third-order valence-corrected chi connectivity index (χ3v) is 3.65. The zero-order valence-electron chi connectivity index (χ0n) is 11.7. The van der Waals surface area contributed by atoms with Crippen LogP contribution in [0.2, 0.25) is 0 Å². The van der Waals surface area contributed by atoms with Crippen LogP contribution >= 0.6 is 0 Å². The molecule has 1 aromatic rings. The van der Waals surface area contributed by atoms with Crippen molar-refractivity contribution in [1.82, 2.24) is 4.98 Å². The minimum atomic E-state index is -0.632. The van der Waals surface area contributed by atoms with Gasteiger partial charge in [-0.25, -0.2) is 4.98 Å². The fraction of sp³-hybridized carbons (Fsp3) is 0.538. The Morgan fingerprint density at radius 3 is 2.71 bits per heavy atom. The van der Waals surface area contributed by atoms with Crippen LogP contribution in [0.3, 0.4) is 0 Å². The summed E-state index contributed by atoms with van der Waals surface area (Å²) in [6.45, 7) is 2.21. The van der Waals surface area contributed by atoms with E-state index in [9.17, 15) is 10.1 Å². The SMILES string of the molecule is CC1CCC(Oc2ccc([N+](=O)[O-])c(/C(N)=N/O)n2)CC1. The summed E-state index contributed by atoms with van der Waals surface area (Å²) in [5.74, 6) is 0.536. The molecule has 1 aliphatic rings. The van der Waals surface area contributed by atoms with Gasteiger partial charge in [0.1, 0.15) is 6.10 Å². The van der Waals surface area contributed by atoms with Crippen LogP contribution in [0, 0.1) is 16.0 Å². The first-order valence-corrected chi connectivity index (χ1v) is 6.81. The summed E-state index contributed by atoms with van der Waals surface area (Å²) in [6.07, 6.45) is 4.09. The lowest BCUT2D eigenvalue weighted by atomic mass is 9.89. The van der Waals surface area contributed by atoms with Gasteiger partial charge >= 0.3 is 0 Å². The number of amidine groups is 1. The molecule has 0 unspecified atom stereocenters. The smallest absolute Gasteiger partial charge is 0.299 e. The van der Waals surface area contributed by atoms with E-state index in [1.165, 1.54) is 12.1 Å². The summed E-state index contributed by atoms with van der Waals surface area (Å²) < 4.78 is 5.75. The lowest BCUT2D eigenvalue weighted by Crippen LogP contribution is -2.24. The maximum absolute atomic E-state index is 10.9. The number of nitro groups is 1. The zero-order valence-corrected chi connectivity index (χ0v) is 11.7. The highest BCUT2D eigenvalue weighted by Gasteiger charge is 2.23. The number of aromatic nitrogens is 1. The van der Waals surface area contributed by atoms with Crippen molar-refractivity contribution in [2.45, 2.75) is 38.7 Å². The Balaban J connectivity index is 2.19. The Labute approximate surface area is 121 Å². The second kappa shape index (κ2) is 6.38. The minimum absolute atomic E-state index is 0.0512. The molecule has 0 atom stereocenters. The summed E-state index contributed by atoms with van der Waals surface area (Å²) in [5, 5.41) is 22.4. The molecule has 0 aliphatic heterocycles. The molecule has 0 spiro atoms. The number of nitrogens with zero attached hydrogens (tertiary/aromatic N) is 3. The van der Waals surface area contributed by atoms with Crippen LogP contribution in [0.15, 0.2) is 17.3 Å². The lowest BCUT2D eigenvalue weighted by molar-refractivity contribution is -0.385. The fourth-order valence-corrected chi connectivity index (χ4v) is 2.40. The molecule has 0 radical (unpaired) electrons. The highest BCUT2D eigenvalue weighted by molar-refractivity contribution is 5.98. The first kappa shape index (κ1) is 15.0. The Hall–Kier alpha value is -2.38. The van der Waals surface area contributed by atoms with Gasteiger partial charge in [0, 0.05) is 12.1 Å². The Morgan fingerprint density at radius 1 is 1.48 bits per heavy atom. The third kappa shape index (κ3) is 3.59. The van der Waals surface area contributed by atoms with Crippen LogP contribution in [-0.2, 0) is 0 Å². The molecular formula is C13H18N4O4. The molecule has 0 bridgehead atoms. The van der Waals surface area contributed by atoms with E-state index in [0.29, 0.717) is 5.92 Å². The minimum Gasteiger partial charge on any atom is -0.474 e. The van der Waals surface area contributed by atoms with Crippen LogP contribution in [0.5, 0.6) is 5.88 Å². The van der Waals surface area contributed by atoms with Gasteiger partial charge in [-0.05, 0) is 31.6 Å². The van der Waals surface area contributed by atoms with E-state index in [4.69, 9.17) is 15.7 Å². The molecule has 21 heavy (non-hydrogen) atoms. The van der Waals surface area contributed by atoms with Gasteiger partial charge in [0.2, 0.25) is 5.88 Å². The summed E-state index contributed by atoms with van der Waals surface area (Å²) in [6, 6.07) is 2.69. The van der Waals surface area contributed by atoms with Crippen molar-refractivity contribution in [3.05, 3.63) is 27.9 Å². The zero-order chi connectivity index (χ0) is 15.4. The summed E-state index contributed by atoms with van der Waals surface area (Å²) >= 11 is 0. The number of pyridine rings is 1. The Kier molecular flexibility index (Phi) is 4.56. The largest absolute Gasteiger partial charge is 0.474 e. The topological polar surface area (TPSA) is 124 Å². The molecule has 1 aliphatic carbocycles. The molecular weight excluding hydrogens is 276 g/mol. The molecule has 1 heterocycles. The van der Waals surface area contributed by atoms with Gasteiger partial charge in [0.25, 0.3) is 5.69 Å². The van der Waals surface area contributed by atoms with Crippen molar-refractivity contribution in [3.8, 4) is 5.88 Å². The van der Waals surface area contributed by atoms with Crippen LogP contribution in [-0.4, -0.2) is 27.1 Å². The molecule has 2 rings (SSSR count). The molecule has 8 heteroatoms. The first-order chi connectivity index (χ1) is 10.0. The van der Waals surface area contributed by atoms with E-state index in [1.54, 1.807) is 0 Å². The molecule has 1 saturated carbocycles. The standard InChI is InChI=1S/C13H18N4O4/c1-8-2-4-9(5-3-8)21-11-7-6-10(17(19)20)12(15-11)13(14)16-18/h6-9,18H,2-5H2,1H3,(H2,14,16). The van der Waals surface area contributed by atoms with E-state index >= 15 is 0 Å². The molecule has 0 saturated heterocycles. The average molecular weight is 294 g/mol. The normalized spacial score (nSPS) is 22.8. The molecule has 0 amide bonds. The molecule has 114 valence electrons. The quantitative estimate of drug-likeness (QED) is 0.288. The van der Waals surface area contributed by atoms with Crippen LogP contribution in [0.1, 0.15) is 38.3 Å². The van der Waals surface area contributed by atoms with Crippen molar-refractivity contribution in [2.75, 3.05) is 0 Å². The van der Waals surface area contributed by atoms with Gasteiger partial charge in [-0.3, -0.25) is 10.1 Å². The summed E-state index contributed by atoms with van der Waals surface area (Å²) in [5.41, 5.74) is 4.92. The lowest BCUT2D eigenvalue weighted by Gasteiger charge is -2.26. The van der Waals surface area contributed by atoms with E-state index < -0.39 is 10.8 Å². The summed E-state index contributed by atoms with van der Waals surface area (Å²) in [7, 11) is 0. The van der Waals surface area contributed by atoms with Crippen molar-refractivity contribution in [2.24, 2.45) is 16.8 Å². The van der Waals surface area contributed by atoms with Gasteiger partial charge in [-0.1, -0.05) is 12.1 Å². The fourth-order valence-electron chi connectivity index (χ4n) is 2.40. The number of hydrogen-bond acceptors (Lipinski definition) is 6. The van der Waals surface area contributed by atoms with E-state index in [0.717, 1.165) is 25.7 Å². The number of rotatable bonds is 4. The van der Waals surface area contributed by atoms with Crippen molar-refractivity contribution < 1.29 is 14.9 Å². The number of oxime groups is 1. The maximum Gasteiger partial charge on any atom is 0.299 e. The predicted octanol–water partition coefficient (Wildman–Crippen LogP) is 2.04. The Morgan fingerprint density at radius 2 is 2.14 bits per heavy atom. The highest BCUT2D eigenvalue weighted by Crippen LogP contribution is 2.27. The van der Waals surface area contributed by atoms with Crippen molar-refractivity contribution >= 4 is 11.5 Å². The maximum atomic E-state index is 10.9. The average Bonchev–Trinajstić information content (AvgIpc) is 2.48. The first-order valence-electron chi connectivity index (χ1n) is 6.81. The van der Waals surface area contributed by atoms with Crippen molar-refractivity contribution in [3.63, 3.8) is 0 Å². The number of ether oxygens (including phenoxy) is 1. The molecule has 1 aromatic heterocycles. The highest BCUT2D eigenvalue weighted by atomic mass is 16.6. The van der Waals surface area contributed by atoms with E-state index in [-0.39, 0.29) is 23.4 Å². The molecule has 1 fully saturated rings. The molecule has 3 N–H and O–H groups in total. The summed E-state index contributed by atoms with van der Waals surface area (Å²) in [4.78, 5) is 14.3. The van der Waals surface area contributed by atoms with Gasteiger partial charge in [-0.2, -0.15) is 0 Å². The van der Waals surface area contributed by atoms with Crippen molar-refractivity contribution in [1.29, 1.82) is 0 Å². The number of nitrogens with two attached hydrogens (primary N) is 1. The number of hydrogen-bond donors (Lipinski definition) is 2. The second-order valence-electron chi connectivity index (χ2n) is 5.26. The predicted molar refractivity (Wildman–Crippen MR) is 75.5 cm³/mol. The third-order valence-electron chi connectivity index (χ3n) is 3.65. The molecule has 0 aromatic carbocycles. The van der Waals surface area contributed by atoms with E-state index in [2.05, 4.69) is 17.1 Å². The Bertz CT molecular complexity index is 553. The second-order valence-corrected chi connectivity index (χ2v) is 5.26. The monoisotopic (exact) mass is 294 g/mol. The van der Waals surface area contributed by atoms with Gasteiger partial charge in [0.05, 0.1) is 4.92 Å².